The Morgan fingerprint density at radius 2 is 2.18 bits per heavy atom. The van der Waals surface area contributed by atoms with Crippen molar-refractivity contribution in [3.63, 3.8) is 0 Å². The second kappa shape index (κ2) is 3.54. The van der Waals surface area contributed by atoms with Crippen molar-refractivity contribution < 1.29 is 0 Å². The van der Waals surface area contributed by atoms with Gasteiger partial charge in [0.1, 0.15) is 0 Å². The lowest BCUT2D eigenvalue weighted by Crippen LogP contribution is -1.80. The van der Waals surface area contributed by atoms with Gasteiger partial charge in [-0.15, -0.1) is 0 Å². The third-order valence-corrected chi connectivity index (χ3v) is 2.32. The lowest BCUT2D eigenvalue weighted by atomic mass is 10.1. The van der Waals surface area contributed by atoms with E-state index in [1.54, 1.807) is 6.08 Å². The van der Waals surface area contributed by atoms with Gasteiger partial charge in [0.2, 0.25) is 0 Å². The monoisotopic (exact) mass is 207 g/mol. The third kappa shape index (κ3) is 1.60. The number of hydrogen-bond acceptors (Lipinski definition) is 0. The van der Waals surface area contributed by atoms with Crippen molar-refractivity contribution >= 4 is 22.0 Å². The molecule has 0 fully saturated rings. The predicted molar refractivity (Wildman–Crippen MR) is 52.2 cm³/mol. The minimum absolute atomic E-state index is 0.974. The van der Waals surface area contributed by atoms with Crippen LogP contribution in [0.1, 0.15) is 11.1 Å². The molecular formula is C10H8Br. The first-order valence-corrected chi connectivity index (χ1v) is 4.03. The van der Waals surface area contributed by atoms with E-state index in [0.717, 1.165) is 15.6 Å². The van der Waals surface area contributed by atoms with Crippen LogP contribution in [0.2, 0.25) is 0 Å². The molecule has 1 rings (SSSR count). The molecule has 0 nitrogen and oxygen atoms in total. The lowest BCUT2D eigenvalue weighted by Gasteiger charge is -2.00. The summed E-state index contributed by atoms with van der Waals surface area (Å²) in [5.41, 5.74) is 2.04. The Bertz CT molecular complexity index is 261. The molecule has 1 aromatic carbocycles. The van der Waals surface area contributed by atoms with Gasteiger partial charge in [-0.1, -0.05) is 37.4 Å². The molecule has 0 bridgehead atoms. The van der Waals surface area contributed by atoms with Crippen LogP contribution in [0, 0.1) is 6.08 Å². The fraction of sp³-hybridized carbons (Fsp3) is 0. The summed E-state index contributed by atoms with van der Waals surface area (Å²) in [6.07, 6.45) is 4.62. The minimum atomic E-state index is 0.974. The summed E-state index contributed by atoms with van der Waals surface area (Å²) >= 11 is 3.43. The summed E-state index contributed by atoms with van der Waals surface area (Å²) < 4.78 is 1.00. The molecule has 1 aromatic rings. The highest BCUT2D eigenvalue weighted by atomic mass is 79.9. The molecule has 0 aromatic heterocycles. The van der Waals surface area contributed by atoms with E-state index >= 15 is 0 Å². The molecule has 0 aliphatic carbocycles. The molecule has 1 heteroatoms. The molecule has 0 saturated heterocycles. The van der Waals surface area contributed by atoms with Crippen LogP contribution in [-0.4, -0.2) is 0 Å². The van der Waals surface area contributed by atoms with E-state index in [4.69, 9.17) is 0 Å². The molecule has 0 unspecified atom stereocenters. The van der Waals surface area contributed by atoms with Crippen molar-refractivity contribution in [1.29, 1.82) is 0 Å². The zero-order valence-electron chi connectivity index (χ0n) is 6.10. The quantitative estimate of drug-likeness (QED) is 0.698. The van der Waals surface area contributed by atoms with E-state index in [-0.39, 0.29) is 0 Å². The highest BCUT2D eigenvalue weighted by Crippen LogP contribution is 2.22. The van der Waals surface area contributed by atoms with Gasteiger partial charge >= 0.3 is 0 Å². The SMILES string of the molecule is C=[C]c1cccc(C=C)c1Br. The molecule has 0 heterocycles. The van der Waals surface area contributed by atoms with Crippen LogP contribution in [0.15, 0.2) is 35.8 Å². The van der Waals surface area contributed by atoms with Gasteiger partial charge in [-0.25, -0.2) is 0 Å². The fourth-order valence-corrected chi connectivity index (χ4v) is 1.41. The van der Waals surface area contributed by atoms with Crippen molar-refractivity contribution in [2.75, 3.05) is 0 Å². The van der Waals surface area contributed by atoms with E-state index < -0.39 is 0 Å². The van der Waals surface area contributed by atoms with E-state index in [0.29, 0.717) is 0 Å². The maximum absolute atomic E-state index is 3.69. The van der Waals surface area contributed by atoms with Gasteiger partial charge in [0.15, 0.2) is 0 Å². The van der Waals surface area contributed by atoms with Crippen molar-refractivity contribution in [3.8, 4) is 0 Å². The van der Waals surface area contributed by atoms with E-state index in [1.165, 1.54) is 0 Å². The molecule has 0 atom stereocenters. The third-order valence-electron chi connectivity index (χ3n) is 1.44. The summed E-state index contributed by atoms with van der Waals surface area (Å²) in [4.78, 5) is 0. The summed E-state index contributed by atoms with van der Waals surface area (Å²) in [6, 6.07) is 5.89. The van der Waals surface area contributed by atoms with Crippen molar-refractivity contribution in [2.24, 2.45) is 0 Å². The number of rotatable bonds is 2. The van der Waals surface area contributed by atoms with Crippen molar-refractivity contribution in [3.05, 3.63) is 53.0 Å². The molecule has 0 N–H and O–H groups in total. The normalized spacial score (nSPS) is 9.18. The van der Waals surface area contributed by atoms with Crippen molar-refractivity contribution in [1.82, 2.24) is 0 Å². The summed E-state index contributed by atoms with van der Waals surface area (Å²) in [5.74, 6) is 0. The zero-order chi connectivity index (χ0) is 8.27. The maximum atomic E-state index is 3.69. The second-order valence-corrected chi connectivity index (χ2v) is 2.88. The van der Waals surface area contributed by atoms with Crippen LogP contribution in [0.25, 0.3) is 6.08 Å². The standard InChI is InChI=1S/C10H8Br/c1-3-8-6-5-7-9(4-2)10(8)11/h3,5-7H,1-2H2. The average Bonchev–Trinajstić information content (AvgIpc) is 2.05. The summed E-state index contributed by atoms with van der Waals surface area (Å²) in [7, 11) is 0. The Morgan fingerprint density at radius 3 is 2.73 bits per heavy atom. The van der Waals surface area contributed by atoms with Gasteiger partial charge in [-0.05, 0) is 33.1 Å². The smallest absolute Gasteiger partial charge is 0.0325 e. The minimum Gasteiger partial charge on any atom is -0.0984 e. The first-order valence-electron chi connectivity index (χ1n) is 3.23. The van der Waals surface area contributed by atoms with Crippen LogP contribution < -0.4 is 0 Å². The van der Waals surface area contributed by atoms with Crippen LogP contribution in [0.4, 0.5) is 0 Å². The molecule has 1 radical (unpaired) electrons. The van der Waals surface area contributed by atoms with Crippen LogP contribution >= 0.6 is 15.9 Å². The molecule has 11 heavy (non-hydrogen) atoms. The topological polar surface area (TPSA) is 0 Å². The Balaban J connectivity index is 3.30. The summed E-state index contributed by atoms with van der Waals surface area (Å²) in [6.45, 7) is 7.27. The average molecular weight is 208 g/mol. The first kappa shape index (κ1) is 8.28. The summed E-state index contributed by atoms with van der Waals surface area (Å²) in [5, 5.41) is 0. The van der Waals surface area contributed by atoms with Crippen LogP contribution in [0.5, 0.6) is 0 Å². The highest BCUT2D eigenvalue weighted by Gasteiger charge is 1.98. The molecule has 0 amide bonds. The fourth-order valence-electron chi connectivity index (χ4n) is 0.844. The van der Waals surface area contributed by atoms with Crippen LogP contribution in [0.3, 0.4) is 0 Å². The van der Waals surface area contributed by atoms with Gasteiger partial charge in [-0.3, -0.25) is 0 Å². The highest BCUT2D eigenvalue weighted by molar-refractivity contribution is 9.10. The van der Waals surface area contributed by atoms with Gasteiger partial charge in [0, 0.05) is 4.47 Å². The molecule has 0 spiro atoms. The Morgan fingerprint density at radius 1 is 1.45 bits per heavy atom. The molecule has 0 aliphatic heterocycles. The number of hydrogen-bond donors (Lipinski definition) is 0. The zero-order valence-corrected chi connectivity index (χ0v) is 7.69. The largest absolute Gasteiger partial charge is 0.0984 e. The molecule has 0 aliphatic rings. The second-order valence-electron chi connectivity index (χ2n) is 2.09. The Kier molecular flexibility index (Phi) is 2.66. The van der Waals surface area contributed by atoms with E-state index in [1.807, 2.05) is 18.2 Å². The van der Waals surface area contributed by atoms with Gasteiger partial charge in [0.25, 0.3) is 0 Å². The van der Waals surface area contributed by atoms with Gasteiger partial charge in [0.05, 0.1) is 0 Å². The van der Waals surface area contributed by atoms with Gasteiger partial charge < -0.3 is 0 Å². The maximum Gasteiger partial charge on any atom is 0.0325 e. The number of halogens is 1. The van der Waals surface area contributed by atoms with E-state index in [2.05, 4.69) is 35.2 Å². The molecular weight excluding hydrogens is 200 g/mol. The molecule has 55 valence electrons. The number of benzene rings is 1. The van der Waals surface area contributed by atoms with Crippen LogP contribution in [-0.2, 0) is 0 Å². The molecule has 0 saturated carbocycles. The Hall–Kier alpha value is -0.820. The predicted octanol–water partition coefficient (Wildman–Crippen LogP) is 3.43. The first-order chi connectivity index (χ1) is 5.29. The van der Waals surface area contributed by atoms with Gasteiger partial charge in [-0.2, -0.15) is 0 Å². The van der Waals surface area contributed by atoms with E-state index in [9.17, 15) is 0 Å². The Labute approximate surface area is 75.4 Å². The van der Waals surface area contributed by atoms with Crippen molar-refractivity contribution in [2.45, 2.75) is 0 Å². The lowest BCUT2D eigenvalue weighted by molar-refractivity contribution is 1.50.